The van der Waals surface area contributed by atoms with Crippen molar-refractivity contribution in [1.29, 1.82) is 0 Å². The summed E-state index contributed by atoms with van der Waals surface area (Å²) in [6.45, 7) is 0.903. The van der Waals surface area contributed by atoms with Crippen molar-refractivity contribution in [2.45, 2.75) is 13.0 Å². The monoisotopic (exact) mass is 323 g/mol. The van der Waals surface area contributed by atoms with Crippen molar-refractivity contribution in [3.8, 4) is 0 Å². The summed E-state index contributed by atoms with van der Waals surface area (Å²) < 4.78 is 0. The average molecular weight is 324 g/mol. The number of nitrogens with zero attached hydrogens (tertiary/aromatic N) is 1. The summed E-state index contributed by atoms with van der Waals surface area (Å²) in [5.41, 5.74) is 1.80. The fraction of sp³-hybridized carbons (Fsp3) is 0.200. The van der Waals surface area contributed by atoms with Gasteiger partial charge in [0.15, 0.2) is 0 Å². The molecule has 0 aliphatic carbocycles. The Kier molecular flexibility index (Phi) is 5.84. The summed E-state index contributed by atoms with van der Waals surface area (Å²) in [6.07, 6.45) is 2.36. The van der Waals surface area contributed by atoms with Crippen LogP contribution in [0.15, 0.2) is 42.6 Å². The maximum Gasteiger partial charge on any atom is 0.315 e. The molecular weight excluding hydrogens is 309 g/mol. The molecule has 6 heteroatoms. The van der Waals surface area contributed by atoms with Crippen LogP contribution in [0.25, 0.3) is 0 Å². The second kappa shape index (κ2) is 7.86. The maximum absolute atomic E-state index is 11.6. The lowest BCUT2D eigenvalue weighted by atomic mass is 10.1. The summed E-state index contributed by atoms with van der Waals surface area (Å²) in [6, 6.07) is 10.7. The Hall–Kier alpha value is -1.78. The summed E-state index contributed by atoms with van der Waals surface area (Å²) in [4.78, 5) is 15.8. The molecule has 1 aromatic heterocycles. The van der Waals surface area contributed by atoms with E-state index in [1.165, 1.54) is 0 Å². The largest absolute Gasteiger partial charge is 0.338 e. The average Bonchev–Trinajstić information content (AvgIpc) is 2.45. The van der Waals surface area contributed by atoms with Gasteiger partial charge in [0.05, 0.1) is 12.2 Å². The zero-order chi connectivity index (χ0) is 15.1. The number of nitrogens with one attached hydrogen (secondary N) is 2. The van der Waals surface area contributed by atoms with Gasteiger partial charge in [-0.15, -0.1) is 0 Å². The first-order valence-corrected chi connectivity index (χ1v) is 7.25. The zero-order valence-electron chi connectivity index (χ0n) is 11.3. The summed E-state index contributed by atoms with van der Waals surface area (Å²) in [5, 5.41) is 6.71. The molecule has 1 aromatic carbocycles. The Morgan fingerprint density at radius 1 is 1.10 bits per heavy atom. The quantitative estimate of drug-likeness (QED) is 0.885. The molecule has 0 unspecified atom stereocenters. The Morgan fingerprint density at radius 2 is 1.86 bits per heavy atom. The van der Waals surface area contributed by atoms with Gasteiger partial charge in [-0.2, -0.15) is 0 Å². The van der Waals surface area contributed by atoms with Crippen LogP contribution in [0.1, 0.15) is 11.3 Å². The molecule has 0 spiro atoms. The van der Waals surface area contributed by atoms with E-state index in [0.717, 1.165) is 11.3 Å². The van der Waals surface area contributed by atoms with E-state index in [0.29, 0.717) is 29.6 Å². The number of aromatic nitrogens is 1. The molecule has 21 heavy (non-hydrogen) atoms. The molecule has 0 radical (unpaired) electrons. The first-order chi connectivity index (χ1) is 10.1. The minimum Gasteiger partial charge on any atom is -0.338 e. The number of carbonyl (C=O) groups is 1. The fourth-order valence-corrected chi connectivity index (χ4v) is 2.38. The Morgan fingerprint density at radius 3 is 2.52 bits per heavy atom. The van der Waals surface area contributed by atoms with Crippen molar-refractivity contribution < 1.29 is 4.79 Å². The molecular formula is C15H15Cl2N3O. The lowest BCUT2D eigenvalue weighted by Crippen LogP contribution is -2.36. The molecule has 2 rings (SSSR count). The Balaban J connectivity index is 1.72. The summed E-state index contributed by atoms with van der Waals surface area (Å²) in [5.74, 6) is 0. The molecule has 2 N–H and O–H groups in total. The molecule has 0 atom stereocenters. The van der Waals surface area contributed by atoms with Gasteiger partial charge < -0.3 is 10.6 Å². The predicted molar refractivity (Wildman–Crippen MR) is 84.6 cm³/mol. The molecule has 4 nitrogen and oxygen atoms in total. The van der Waals surface area contributed by atoms with Gasteiger partial charge in [0.1, 0.15) is 0 Å². The van der Waals surface area contributed by atoms with Crippen LogP contribution in [0.4, 0.5) is 4.79 Å². The molecule has 110 valence electrons. The molecule has 0 fully saturated rings. The van der Waals surface area contributed by atoms with Crippen LogP contribution in [0, 0.1) is 0 Å². The highest BCUT2D eigenvalue weighted by molar-refractivity contribution is 6.34. The molecule has 0 aliphatic heterocycles. The van der Waals surface area contributed by atoms with E-state index in [9.17, 15) is 4.79 Å². The lowest BCUT2D eigenvalue weighted by Gasteiger charge is -2.08. The molecule has 0 saturated carbocycles. The van der Waals surface area contributed by atoms with Crippen molar-refractivity contribution in [3.05, 3.63) is 63.9 Å². The summed E-state index contributed by atoms with van der Waals surface area (Å²) in [7, 11) is 0. The zero-order valence-corrected chi connectivity index (χ0v) is 12.8. The van der Waals surface area contributed by atoms with E-state index in [4.69, 9.17) is 23.2 Å². The van der Waals surface area contributed by atoms with E-state index in [1.54, 1.807) is 12.3 Å². The van der Waals surface area contributed by atoms with Gasteiger partial charge >= 0.3 is 6.03 Å². The molecule has 0 aliphatic rings. The second-order valence-corrected chi connectivity index (χ2v) is 5.33. The lowest BCUT2D eigenvalue weighted by molar-refractivity contribution is 0.240. The highest BCUT2D eigenvalue weighted by atomic mass is 35.5. The van der Waals surface area contributed by atoms with Crippen molar-refractivity contribution in [2.75, 3.05) is 6.54 Å². The molecule has 0 saturated heterocycles. The number of hydrogen-bond acceptors (Lipinski definition) is 2. The smallest absolute Gasteiger partial charge is 0.315 e. The third-order valence-corrected chi connectivity index (χ3v) is 3.21. The van der Waals surface area contributed by atoms with Crippen LogP contribution in [-0.4, -0.2) is 17.6 Å². The third kappa shape index (κ3) is 5.61. The van der Waals surface area contributed by atoms with Crippen LogP contribution in [0.2, 0.25) is 10.0 Å². The van der Waals surface area contributed by atoms with Crippen molar-refractivity contribution >= 4 is 29.2 Å². The minimum atomic E-state index is -0.228. The molecule has 0 bridgehead atoms. The predicted octanol–water partition coefficient (Wildman–Crippen LogP) is 3.43. The van der Waals surface area contributed by atoms with Crippen molar-refractivity contribution in [3.63, 3.8) is 0 Å². The van der Waals surface area contributed by atoms with E-state index >= 15 is 0 Å². The van der Waals surface area contributed by atoms with Crippen LogP contribution < -0.4 is 10.6 Å². The third-order valence-electron chi connectivity index (χ3n) is 2.78. The molecule has 2 aromatic rings. The second-order valence-electron chi connectivity index (χ2n) is 4.46. The fourth-order valence-electron chi connectivity index (χ4n) is 1.81. The van der Waals surface area contributed by atoms with Gasteiger partial charge in [0.25, 0.3) is 0 Å². The van der Waals surface area contributed by atoms with Crippen molar-refractivity contribution in [1.82, 2.24) is 15.6 Å². The van der Waals surface area contributed by atoms with Gasteiger partial charge in [0, 0.05) is 22.8 Å². The first kappa shape index (κ1) is 15.6. The van der Waals surface area contributed by atoms with Crippen molar-refractivity contribution in [2.24, 2.45) is 0 Å². The van der Waals surface area contributed by atoms with Crippen LogP contribution >= 0.6 is 23.2 Å². The first-order valence-electron chi connectivity index (χ1n) is 6.50. The van der Waals surface area contributed by atoms with Crippen LogP contribution in [0.5, 0.6) is 0 Å². The number of benzene rings is 1. The normalized spacial score (nSPS) is 10.2. The Labute approximate surface area is 133 Å². The number of pyridine rings is 1. The highest BCUT2D eigenvalue weighted by Crippen LogP contribution is 2.19. The number of amides is 2. The van der Waals surface area contributed by atoms with E-state index in [-0.39, 0.29) is 6.03 Å². The topological polar surface area (TPSA) is 54.0 Å². The molecule has 1 heterocycles. The van der Waals surface area contributed by atoms with Crippen LogP contribution in [0.3, 0.4) is 0 Å². The number of carbonyl (C=O) groups excluding carboxylic acids is 1. The van der Waals surface area contributed by atoms with E-state index in [2.05, 4.69) is 15.6 Å². The van der Waals surface area contributed by atoms with Gasteiger partial charge in [-0.1, -0.05) is 29.3 Å². The number of halogens is 2. The van der Waals surface area contributed by atoms with Gasteiger partial charge in [-0.3, -0.25) is 4.98 Å². The number of urea groups is 1. The minimum absolute atomic E-state index is 0.228. The van der Waals surface area contributed by atoms with Crippen LogP contribution in [-0.2, 0) is 13.0 Å². The van der Waals surface area contributed by atoms with E-state index < -0.39 is 0 Å². The van der Waals surface area contributed by atoms with Gasteiger partial charge in [0.2, 0.25) is 0 Å². The summed E-state index contributed by atoms with van der Waals surface area (Å²) >= 11 is 11.8. The standard InChI is InChI=1S/C15H15Cl2N3O/c16-12-7-11(8-13(17)9-12)4-6-19-15(21)20-10-14-3-1-2-5-18-14/h1-3,5,7-9H,4,6,10H2,(H2,19,20,21). The SMILES string of the molecule is O=C(NCCc1cc(Cl)cc(Cl)c1)NCc1ccccn1. The van der Waals surface area contributed by atoms with Gasteiger partial charge in [-0.25, -0.2) is 4.79 Å². The Bertz CT molecular complexity index is 585. The number of rotatable bonds is 5. The maximum atomic E-state index is 11.6. The van der Waals surface area contributed by atoms with Gasteiger partial charge in [-0.05, 0) is 42.3 Å². The van der Waals surface area contributed by atoms with E-state index in [1.807, 2.05) is 30.3 Å². The number of hydrogen-bond donors (Lipinski definition) is 2. The highest BCUT2D eigenvalue weighted by Gasteiger charge is 2.02. The molecule has 2 amide bonds.